The van der Waals surface area contributed by atoms with E-state index in [9.17, 15) is 0 Å². The van der Waals surface area contributed by atoms with Crippen LogP contribution in [-0.4, -0.2) is 24.9 Å². The monoisotopic (exact) mass is 1120 g/mol. The fourth-order valence-corrected chi connectivity index (χ4v) is 5.55. The molecule has 4 aromatic heterocycles. The molecule has 0 atom stereocenters. The minimum Gasteiger partial charge on any atom is -0.265 e. The van der Waals surface area contributed by atoms with E-state index in [1.807, 2.05) is 178 Å². The molecule has 0 N–H and O–H groups in total. The van der Waals surface area contributed by atoms with Crippen molar-refractivity contribution in [3.8, 4) is 11.4 Å². The summed E-state index contributed by atoms with van der Waals surface area (Å²) in [5.74, 6) is 0.777. The van der Waals surface area contributed by atoms with Crippen LogP contribution >= 0.6 is 0 Å². The molecule has 11 rings (SSSR count). The van der Waals surface area contributed by atoms with Crippen LogP contribution in [0.4, 0.5) is 0 Å². The molecule has 0 aliphatic rings. The van der Waals surface area contributed by atoms with E-state index in [1.54, 1.807) is 24.8 Å². The van der Waals surface area contributed by atoms with Crippen LogP contribution in [0, 0.1) is 35.5 Å². The first kappa shape index (κ1) is 75.9. The Labute approximate surface area is 511 Å². The summed E-state index contributed by atoms with van der Waals surface area (Å²) in [6.45, 7) is 43.2. The lowest BCUT2D eigenvalue weighted by Gasteiger charge is -2.05. The van der Waals surface area contributed by atoms with Gasteiger partial charge in [-0.25, -0.2) is 9.97 Å². The van der Waals surface area contributed by atoms with Crippen LogP contribution in [0.15, 0.2) is 274 Å². The predicted octanol–water partition coefficient (Wildman–Crippen LogP) is 23.8. The standard InChI is InChI=1S/C14H10N2.C10H8.C9H7N.2C7H8.2C5H5N.4C5H12.C2H6/c1-2-6-11(7-3-1)14-15-10-12-8-4-5-9-13(12)16-14;1-2-6-10-8-4-3-7-9(10)5-1;1-2-4-9-7-10-6-5-8(9)3-1;2*1-7-5-3-2-4-6-7;2*1-2-4-6-5-3-1;4*1-5(2,3)4;1-2/h1-10H;1-8H;1-7H;2*2-6H,1H3;2*1-5H;4*1-4H3;1-2H3. The number of pyridine rings is 3. The highest BCUT2D eigenvalue weighted by atomic mass is 14.9. The zero-order chi connectivity index (χ0) is 63.1. The highest BCUT2D eigenvalue weighted by molar-refractivity contribution is 5.82. The molecular weight excluding hydrogens is 1020 g/mol. The molecule has 5 heteroatoms. The molecule has 0 unspecified atom stereocenters. The number of aryl methyl sites for hydroxylation is 2. The maximum Gasteiger partial charge on any atom is 0.159 e. The fraction of sp³-hybridized carbons (Fsp3) is 0.304. The van der Waals surface area contributed by atoms with Gasteiger partial charge in [0, 0.05) is 54.3 Å². The van der Waals surface area contributed by atoms with E-state index in [1.165, 1.54) is 32.7 Å². The summed E-state index contributed by atoms with van der Waals surface area (Å²) >= 11 is 0. The maximum atomic E-state index is 4.53. The molecule has 0 amide bonds. The minimum absolute atomic E-state index is 0.500. The first-order valence-electron chi connectivity index (χ1n) is 29.4. The number of nitrogens with zero attached hydrogens (tertiary/aromatic N) is 5. The number of benzene rings is 7. The lowest BCUT2D eigenvalue weighted by atomic mass is 10.0. The Kier molecular flexibility index (Phi) is 40.1. The molecule has 84 heavy (non-hydrogen) atoms. The zero-order valence-corrected chi connectivity index (χ0v) is 55.2. The van der Waals surface area contributed by atoms with Crippen LogP contribution in [0.5, 0.6) is 0 Å². The summed E-state index contributed by atoms with van der Waals surface area (Å²) in [4.78, 5) is 20.5. The highest BCUT2D eigenvalue weighted by Gasteiger charge is 2.02. The Morgan fingerprint density at radius 3 is 0.810 bits per heavy atom. The van der Waals surface area contributed by atoms with E-state index >= 15 is 0 Å². The Hall–Kier alpha value is -8.15. The van der Waals surface area contributed by atoms with Crippen LogP contribution in [0.3, 0.4) is 0 Å². The van der Waals surface area contributed by atoms with Gasteiger partial charge in [0.05, 0.1) is 5.52 Å². The number of rotatable bonds is 1. The Bertz CT molecular complexity index is 2810. The molecule has 0 fully saturated rings. The van der Waals surface area contributed by atoms with Gasteiger partial charge < -0.3 is 0 Å². The van der Waals surface area contributed by atoms with Crippen molar-refractivity contribution in [3.63, 3.8) is 0 Å². The quantitative estimate of drug-likeness (QED) is 0.164. The van der Waals surface area contributed by atoms with Crippen molar-refractivity contribution in [1.29, 1.82) is 0 Å². The smallest absolute Gasteiger partial charge is 0.159 e. The molecule has 11 aromatic rings. The number of hydrogen-bond donors (Lipinski definition) is 0. The second-order valence-corrected chi connectivity index (χ2v) is 25.5. The third-order valence-electron chi connectivity index (χ3n) is 8.74. The maximum absolute atomic E-state index is 4.53. The van der Waals surface area contributed by atoms with Gasteiger partial charge in [0.2, 0.25) is 0 Å². The molecule has 0 saturated carbocycles. The van der Waals surface area contributed by atoms with Gasteiger partial charge in [-0.05, 0) is 93.5 Å². The SMILES string of the molecule is CC.CC(C)(C)C.CC(C)(C)C.CC(C)(C)C.CC(C)(C)C.Cc1ccccc1.Cc1ccccc1.c1ccc(-c2ncc3ccccc3n2)cc1.c1ccc2ccccc2c1.c1ccc2cnccc2c1.c1ccncc1.c1ccncc1. The normalized spacial score (nSPS) is 9.90. The number of aromatic nitrogens is 5. The molecule has 0 radical (unpaired) electrons. The molecule has 5 nitrogen and oxygen atoms in total. The van der Waals surface area contributed by atoms with Crippen molar-refractivity contribution in [2.75, 3.05) is 0 Å². The van der Waals surface area contributed by atoms with E-state index < -0.39 is 0 Å². The molecule has 0 aliphatic carbocycles. The van der Waals surface area contributed by atoms with Gasteiger partial charge in [0.25, 0.3) is 0 Å². The second kappa shape index (κ2) is 44.4. The summed E-state index contributed by atoms with van der Waals surface area (Å²) in [5.41, 5.74) is 6.68. The zero-order valence-electron chi connectivity index (χ0n) is 55.2. The Morgan fingerprint density at radius 2 is 0.524 bits per heavy atom. The molecule has 7 aromatic carbocycles. The third kappa shape index (κ3) is 50.8. The summed E-state index contributed by atoms with van der Waals surface area (Å²) in [6, 6.07) is 76.9. The van der Waals surface area contributed by atoms with E-state index in [0.717, 1.165) is 22.3 Å². The van der Waals surface area contributed by atoms with Crippen molar-refractivity contribution < 1.29 is 0 Å². The van der Waals surface area contributed by atoms with E-state index in [-0.39, 0.29) is 0 Å². The van der Waals surface area contributed by atoms with Crippen LogP contribution in [0.1, 0.15) is 136 Å². The van der Waals surface area contributed by atoms with Gasteiger partial charge in [-0.2, -0.15) is 0 Å². The Morgan fingerprint density at radius 1 is 0.250 bits per heavy atom. The first-order valence-corrected chi connectivity index (χ1v) is 29.4. The third-order valence-corrected chi connectivity index (χ3v) is 8.74. The molecule has 446 valence electrons. The van der Waals surface area contributed by atoms with Gasteiger partial charge in [0.1, 0.15) is 0 Å². The summed E-state index contributed by atoms with van der Waals surface area (Å²) in [6.07, 6.45) is 12.5. The lowest BCUT2D eigenvalue weighted by Crippen LogP contribution is -1.93. The van der Waals surface area contributed by atoms with Crippen molar-refractivity contribution in [3.05, 3.63) is 285 Å². The van der Waals surface area contributed by atoms with E-state index in [4.69, 9.17) is 0 Å². The van der Waals surface area contributed by atoms with Gasteiger partial charge >= 0.3 is 0 Å². The largest absolute Gasteiger partial charge is 0.265 e. The highest BCUT2D eigenvalue weighted by Crippen LogP contribution is 2.18. The minimum atomic E-state index is 0.500. The number of para-hydroxylation sites is 1. The van der Waals surface area contributed by atoms with E-state index in [2.05, 4.69) is 234 Å². The number of fused-ring (bicyclic) bond motifs is 3. The molecule has 0 aliphatic heterocycles. The van der Waals surface area contributed by atoms with Gasteiger partial charge in [0.15, 0.2) is 5.82 Å². The molecular formula is C79H105N5. The molecule has 0 saturated heterocycles. The van der Waals surface area contributed by atoms with Crippen molar-refractivity contribution in [2.45, 2.75) is 138 Å². The van der Waals surface area contributed by atoms with E-state index in [0.29, 0.717) is 21.7 Å². The first-order chi connectivity index (χ1) is 39.7. The van der Waals surface area contributed by atoms with Gasteiger partial charge in [-0.15, -0.1) is 0 Å². The average Bonchev–Trinajstić information content (AvgIpc) is 3.40. The molecule has 0 spiro atoms. The van der Waals surface area contributed by atoms with Crippen molar-refractivity contribution in [1.82, 2.24) is 24.9 Å². The average molecular weight is 1120 g/mol. The van der Waals surface area contributed by atoms with Gasteiger partial charge in [-0.3, -0.25) is 15.0 Å². The molecule has 0 bridgehead atoms. The number of hydrogen-bond acceptors (Lipinski definition) is 5. The fourth-order valence-electron chi connectivity index (χ4n) is 5.55. The van der Waals surface area contributed by atoms with Crippen LogP contribution < -0.4 is 0 Å². The second-order valence-electron chi connectivity index (χ2n) is 25.5. The summed E-state index contributed by atoms with van der Waals surface area (Å²) < 4.78 is 0. The van der Waals surface area contributed by atoms with Crippen molar-refractivity contribution >= 4 is 32.4 Å². The van der Waals surface area contributed by atoms with Crippen molar-refractivity contribution in [2.24, 2.45) is 21.7 Å². The predicted molar refractivity (Wildman–Crippen MR) is 373 cm³/mol. The van der Waals surface area contributed by atoms with Crippen LogP contribution in [0.25, 0.3) is 43.8 Å². The summed E-state index contributed by atoms with van der Waals surface area (Å²) in [7, 11) is 0. The molecule has 4 heterocycles. The van der Waals surface area contributed by atoms with Crippen LogP contribution in [0.2, 0.25) is 0 Å². The topological polar surface area (TPSA) is 64.5 Å². The Balaban J connectivity index is 0.000000923. The summed E-state index contributed by atoms with van der Waals surface area (Å²) in [5, 5.41) is 6.14. The van der Waals surface area contributed by atoms with Crippen LogP contribution in [-0.2, 0) is 0 Å². The van der Waals surface area contributed by atoms with Gasteiger partial charge in [-0.1, -0.05) is 330 Å². The lowest BCUT2D eigenvalue weighted by molar-refractivity contribution is 0.469.